The lowest BCUT2D eigenvalue weighted by molar-refractivity contribution is 0.00578. The Morgan fingerprint density at radius 3 is 2.37 bits per heavy atom. The third kappa shape index (κ3) is 4.68. The van der Waals surface area contributed by atoms with Crippen molar-refractivity contribution in [1.29, 1.82) is 0 Å². The maximum atomic E-state index is 6.39. The number of benzene rings is 1. The van der Waals surface area contributed by atoms with E-state index in [1.165, 1.54) is 22.2 Å². The second-order valence-corrected chi connectivity index (χ2v) is 11.6. The van der Waals surface area contributed by atoms with E-state index in [0.717, 1.165) is 29.7 Å². The molecule has 4 rings (SSSR count). The van der Waals surface area contributed by atoms with Crippen LogP contribution >= 0.6 is 0 Å². The van der Waals surface area contributed by atoms with Gasteiger partial charge in [-0.05, 0) is 89.5 Å². The maximum absolute atomic E-state index is 6.39. The number of rotatable bonds is 7. The minimum absolute atomic E-state index is 0.115. The molecule has 0 saturated carbocycles. The van der Waals surface area contributed by atoms with Crippen molar-refractivity contribution in [3.63, 3.8) is 0 Å². The van der Waals surface area contributed by atoms with Crippen molar-refractivity contribution < 1.29 is 14.0 Å². The van der Waals surface area contributed by atoms with Crippen molar-refractivity contribution in [3.8, 4) is 11.3 Å². The third-order valence-electron chi connectivity index (χ3n) is 7.52. The Labute approximate surface area is 211 Å². The van der Waals surface area contributed by atoms with Crippen LogP contribution in [-0.2, 0) is 27.0 Å². The Kier molecular flexibility index (Phi) is 6.71. The van der Waals surface area contributed by atoms with Gasteiger partial charge in [0.25, 0.3) is 0 Å². The van der Waals surface area contributed by atoms with Crippen molar-refractivity contribution in [1.82, 2.24) is 9.55 Å². The van der Waals surface area contributed by atoms with E-state index in [-0.39, 0.29) is 22.7 Å². The molecule has 2 aromatic heterocycles. The third-order valence-corrected chi connectivity index (χ3v) is 7.52. The van der Waals surface area contributed by atoms with Gasteiger partial charge in [0.2, 0.25) is 0 Å². The van der Waals surface area contributed by atoms with Crippen LogP contribution in [0.5, 0.6) is 0 Å². The molecule has 1 radical (unpaired) electrons. The molecular weight excluding hydrogens is 435 g/mol. The zero-order valence-corrected chi connectivity index (χ0v) is 22.9. The van der Waals surface area contributed by atoms with E-state index in [1.807, 2.05) is 19.2 Å². The number of hydrogen-bond donors (Lipinski definition) is 0. The van der Waals surface area contributed by atoms with E-state index in [9.17, 15) is 0 Å². The molecule has 0 amide bonds. The maximum Gasteiger partial charge on any atom is 0.494 e. The molecule has 3 heterocycles. The average molecular weight is 475 g/mol. The summed E-state index contributed by atoms with van der Waals surface area (Å²) in [5, 5.41) is 1.21. The van der Waals surface area contributed by atoms with Crippen molar-refractivity contribution >= 4 is 23.5 Å². The number of aryl methyl sites for hydroxylation is 1. The van der Waals surface area contributed by atoms with Crippen LogP contribution in [-0.4, -0.2) is 35.0 Å². The summed E-state index contributed by atoms with van der Waals surface area (Å²) in [6.45, 7) is 22.3. The normalized spacial score (nSPS) is 18.4. The Morgan fingerprint density at radius 2 is 1.80 bits per heavy atom. The number of methoxy groups -OCH3 is 1. The monoisotopic (exact) mass is 475 g/mol. The van der Waals surface area contributed by atoms with Gasteiger partial charge in [-0.25, -0.2) is 0 Å². The fraction of sp³-hybridized carbons (Fsp3) is 0.517. The molecule has 0 bridgehead atoms. The van der Waals surface area contributed by atoms with Crippen LogP contribution in [0.1, 0.15) is 72.8 Å². The van der Waals surface area contributed by atoms with Crippen LogP contribution in [0.3, 0.4) is 0 Å². The zero-order chi connectivity index (χ0) is 25.8. The van der Waals surface area contributed by atoms with Gasteiger partial charge in [0.05, 0.1) is 28.7 Å². The van der Waals surface area contributed by atoms with Crippen LogP contribution in [0.4, 0.5) is 0 Å². The average Bonchev–Trinajstić information content (AvgIpc) is 3.20. The summed E-state index contributed by atoms with van der Waals surface area (Å²) in [7, 11) is 1.33. The highest BCUT2D eigenvalue weighted by atomic mass is 16.7. The molecule has 3 aromatic rings. The molecule has 1 fully saturated rings. The first-order chi connectivity index (χ1) is 16.3. The van der Waals surface area contributed by atoms with Crippen LogP contribution in [0.15, 0.2) is 36.5 Å². The Bertz CT molecular complexity index is 1210. The zero-order valence-electron chi connectivity index (χ0n) is 22.9. The highest BCUT2D eigenvalue weighted by molar-refractivity contribution is 6.62. The lowest BCUT2D eigenvalue weighted by Crippen LogP contribution is -2.41. The predicted molar refractivity (Wildman–Crippen MR) is 145 cm³/mol. The van der Waals surface area contributed by atoms with E-state index in [2.05, 4.69) is 84.2 Å². The molecule has 5 nitrogen and oxygen atoms in total. The fourth-order valence-electron chi connectivity index (χ4n) is 4.91. The SMILES string of the molecule is [CH2]C(C)(C)Cc1c(-c2cccnc2[C@H](C)OC)n(CC)c2ccc(B3OC(C)(C)C(C)(C)O3)cc12. The molecule has 1 aromatic carbocycles. The molecule has 0 aliphatic carbocycles. The summed E-state index contributed by atoms with van der Waals surface area (Å²) in [4.78, 5) is 4.73. The number of nitrogens with zero attached hydrogens (tertiary/aromatic N) is 2. The molecule has 187 valence electrons. The molecule has 6 heteroatoms. The van der Waals surface area contributed by atoms with E-state index in [0.29, 0.717) is 0 Å². The second kappa shape index (κ2) is 9.06. The van der Waals surface area contributed by atoms with Crippen LogP contribution in [0.2, 0.25) is 0 Å². The first-order valence-electron chi connectivity index (χ1n) is 12.6. The van der Waals surface area contributed by atoms with Gasteiger partial charge in [-0.15, -0.1) is 0 Å². The Hall–Kier alpha value is -2.15. The summed E-state index contributed by atoms with van der Waals surface area (Å²) >= 11 is 0. The first kappa shape index (κ1) is 25.9. The molecule has 0 unspecified atom stereocenters. The van der Waals surface area contributed by atoms with Gasteiger partial charge in [-0.2, -0.15) is 0 Å². The summed E-state index contributed by atoms with van der Waals surface area (Å²) < 4.78 is 20.9. The number of aromatic nitrogens is 2. The number of fused-ring (bicyclic) bond motifs is 1. The van der Waals surface area contributed by atoms with Gasteiger partial charge in [-0.3, -0.25) is 4.98 Å². The van der Waals surface area contributed by atoms with E-state index < -0.39 is 7.12 Å². The summed E-state index contributed by atoms with van der Waals surface area (Å²) in [6, 6.07) is 10.8. The number of ether oxygens (including phenoxy) is 1. The minimum atomic E-state index is -0.402. The van der Waals surface area contributed by atoms with Gasteiger partial charge in [0.15, 0.2) is 0 Å². The molecule has 0 N–H and O–H groups in total. The summed E-state index contributed by atoms with van der Waals surface area (Å²) in [6.07, 6.45) is 2.55. The quantitative estimate of drug-likeness (QED) is 0.386. The smallest absolute Gasteiger partial charge is 0.399 e. The number of hydrogen-bond acceptors (Lipinski definition) is 4. The minimum Gasteiger partial charge on any atom is -0.399 e. The molecule has 1 aliphatic heterocycles. The molecule has 1 saturated heterocycles. The highest BCUT2D eigenvalue weighted by Gasteiger charge is 2.51. The van der Waals surface area contributed by atoms with Crippen LogP contribution in [0, 0.1) is 12.3 Å². The van der Waals surface area contributed by atoms with Crippen LogP contribution < -0.4 is 5.46 Å². The van der Waals surface area contributed by atoms with E-state index >= 15 is 0 Å². The van der Waals surface area contributed by atoms with Crippen LogP contribution in [0.25, 0.3) is 22.2 Å². The fourth-order valence-corrected chi connectivity index (χ4v) is 4.91. The lowest BCUT2D eigenvalue weighted by Gasteiger charge is -2.32. The van der Waals surface area contributed by atoms with Crippen molar-refractivity contribution in [2.75, 3.05) is 7.11 Å². The second-order valence-electron chi connectivity index (χ2n) is 11.6. The standard InChI is InChI=1S/C29H40BN2O3/c1-11-32-24-15-14-20(30-34-28(6,7)29(8,9)35-30)17-22(24)23(18-27(3,4)5)26(32)21-13-12-16-31-25(21)19(2)33-10/h12-17,19H,3,11,18H2,1-2,4-10H3/t19-/m0/s1. The first-order valence-corrected chi connectivity index (χ1v) is 12.6. The van der Waals surface area contributed by atoms with Crippen molar-refractivity contribution in [2.45, 2.75) is 85.7 Å². The molecular formula is C29H40BN2O3. The molecule has 35 heavy (non-hydrogen) atoms. The van der Waals surface area contributed by atoms with Crippen molar-refractivity contribution in [2.24, 2.45) is 5.41 Å². The Morgan fingerprint density at radius 1 is 1.14 bits per heavy atom. The molecule has 1 atom stereocenters. The van der Waals surface area contributed by atoms with Gasteiger partial charge in [-0.1, -0.05) is 26.0 Å². The topological polar surface area (TPSA) is 45.5 Å². The largest absolute Gasteiger partial charge is 0.494 e. The Balaban J connectivity index is 1.97. The number of pyridine rings is 1. The molecule has 1 aliphatic rings. The van der Waals surface area contributed by atoms with Crippen molar-refractivity contribution in [3.05, 3.63) is 54.7 Å². The van der Waals surface area contributed by atoms with Gasteiger partial charge in [0, 0.05) is 36.3 Å². The summed E-state index contributed by atoms with van der Waals surface area (Å²) in [5.74, 6) is 0. The van der Waals surface area contributed by atoms with E-state index in [4.69, 9.17) is 19.0 Å². The van der Waals surface area contributed by atoms with E-state index in [1.54, 1.807) is 7.11 Å². The van der Waals surface area contributed by atoms with Gasteiger partial charge < -0.3 is 18.6 Å². The molecule has 0 spiro atoms. The van der Waals surface area contributed by atoms with Gasteiger partial charge in [0.1, 0.15) is 0 Å². The summed E-state index contributed by atoms with van der Waals surface area (Å²) in [5.41, 5.74) is 5.85. The lowest BCUT2D eigenvalue weighted by atomic mass is 9.77. The van der Waals surface area contributed by atoms with Gasteiger partial charge >= 0.3 is 7.12 Å². The predicted octanol–water partition coefficient (Wildman–Crippen LogP) is 6.13. The highest BCUT2D eigenvalue weighted by Crippen LogP contribution is 2.41.